The van der Waals surface area contributed by atoms with Crippen molar-refractivity contribution in [3.8, 4) is 0 Å². The molecule has 2 N–H and O–H groups in total. The molecule has 0 aliphatic carbocycles. The molecule has 0 saturated carbocycles. The largest absolute Gasteiger partial charge is 0.479 e. The number of carboxylic acids is 1. The van der Waals surface area contributed by atoms with Crippen LogP contribution in [0.4, 0.5) is 0 Å². The molecule has 0 radical (unpaired) electrons. The molecular weight excluding hydrogens is 158 g/mol. The lowest BCUT2D eigenvalue weighted by molar-refractivity contribution is -0.149. The van der Waals surface area contributed by atoms with E-state index in [0.29, 0.717) is 6.42 Å². The minimum absolute atomic E-state index is 0.0889. The second-order valence-electron chi connectivity index (χ2n) is 2.97. The van der Waals surface area contributed by atoms with Crippen LogP contribution in [0, 0.1) is 0 Å². The van der Waals surface area contributed by atoms with E-state index < -0.39 is 12.1 Å². The van der Waals surface area contributed by atoms with E-state index in [4.69, 9.17) is 9.84 Å². The first kappa shape index (κ1) is 9.48. The maximum Gasteiger partial charge on any atom is 0.332 e. The summed E-state index contributed by atoms with van der Waals surface area (Å²) < 4.78 is 5.26. The zero-order valence-electron chi connectivity index (χ0n) is 7.25. The summed E-state index contributed by atoms with van der Waals surface area (Å²) in [5, 5.41) is 11.7. The molecule has 1 aliphatic heterocycles. The Labute approximate surface area is 71.9 Å². The summed E-state index contributed by atoms with van der Waals surface area (Å²) in [6.07, 6.45) is 1.01. The van der Waals surface area contributed by atoms with Gasteiger partial charge in [-0.1, -0.05) is 6.92 Å². The second kappa shape index (κ2) is 4.42. The number of carbonyl (C=O) groups is 1. The molecule has 1 heterocycles. The van der Waals surface area contributed by atoms with Crippen LogP contribution >= 0.6 is 0 Å². The number of likely N-dealkylation sites (N-methyl/N-ethyl adjacent to an activating group) is 1. The summed E-state index contributed by atoms with van der Waals surface area (Å²) in [5.74, 6) is -0.839. The first-order valence-electron chi connectivity index (χ1n) is 4.33. The van der Waals surface area contributed by atoms with Crippen molar-refractivity contribution in [3.05, 3.63) is 0 Å². The van der Waals surface area contributed by atoms with Gasteiger partial charge in [-0.3, -0.25) is 0 Å². The molecule has 0 aromatic rings. The topological polar surface area (TPSA) is 58.6 Å². The Kier molecular flexibility index (Phi) is 3.49. The van der Waals surface area contributed by atoms with E-state index in [1.807, 2.05) is 6.92 Å². The van der Waals surface area contributed by atoms with E-state index in [0.717, 1.165) is 19.5 Å². The van der Waals surface area contributed by atoms with Gasteiger partial charge in [-0.05, 0) is 19.4 Å². The van der Waals surface area contributed by atoms with Gasteiger partial charge in [-0.15, -0.1) is 0 Å². The van der Waals surface area contributed by atoms with Crippen molar-refractivity contribution >= 4 is 5.97 Å². The molecule has 0 aromatic heterocycles. The van der Waals surface area contributed by atoms with Crippen molar-refractivity contribution in [3.63, 3.8) is 0 Å². The van der Waals surface area contributed by atoms with Crippen molar-refractivity contribution in [2.24, 2.45) is 0 Å². The average molecular weight is 173 g/mol. The highest BCUT2D eigenvalue weighted by Crippen LogP contribution is 2.18. The Hall–Kier alpha value is -0.610. The van der Waals surface area contributed by atoms with E-state index in [-0.39, 0.29) is 6.10 Å². The molecule has 0 aromatic carbocycles. The standard InChI is InChI=1S/C8H15NO3/c1-2-9-5-6-3-4-7(12-6)8(10)11/h6-7,9H,2-5H2,1H3,(H,10,11). The SMILES string of the molecule is CCNCC1CCC(C(=O)O)O1. The predicted molar refractivity (Wildman–Crippen MR) is 44.1 cm³/mol. The van der Waals surface area contributed by atoms with Gasteiger partial charge in [-0.25, -0.2) is 4.79 Å². The van der Waals surface area contributed by atoms with Crippen molar-refractivity contribution in [2.75, 3.05) is 13.1 Å². The van der Waals surface area contributed by atoms with Crippen LogP contribution in [0.1, 0.15) is 19.8 Å². The maximum absolute atomic E-state index is 10.5. The smallest absolute Gasteiger partial charge is 0.332 e. The van der Waals surface area contributed by atoms with Crippen LogP contribution < -0.4 is 5.32 Å². The van der Waals surface area contributed by atoms with Crippen LogP contribution in [-0.4, -0.2) is 36.4 Å². The van der Waals surface area contributed by atoms with Crippen LogP contribution in [-0.2, 0) is 9.53 Å². The fraction of sp³-hybridized carbons (Fsp3) is 0.875. The van der Waals surface area contributed by atoms with Gasteiger partial charge in [0.1, 0.15) is 0 Å². The molecule has 0 spiro atoms. The zero-order chi connectivity index (χ0) is 8.97. The molecule has 4 nitrogen and oxygen atoms in total. The number of nitrogens with one attached hydrogen (secondary N) is 1. The normalized spacial score (nSPS) is 29.1. The van der Waals surface area contributed by atoms with Gasteiger partial charge in [0.15, 0.2) is 6.10 Å². The third kappa shape index (κ3) is 2.46. The monoisotopic (exact) mass is 173 g/mol. The fourth-order valence-corrected chi connectivity index (χ4v) is 1.34. The van der Waals surface area contributed by atoms with Gasteiger partial charge in [0.05, 0.1) is 6.10 Å². The van der Waals surface area contributed by atoms with E-state index >= 15 is 0 Å². The maximum atomic E-state index is 10.5. The summed E-state index contributed by atoms with van der Waals surface area (Å²) in [6.45, 7) is 3.68. The lowest BCUT2D eigenvalue weighted by atomic mass is 10.2. The van der Waals surface area contributed by atoms with Crippen LogP contribution in [0.15, 0.2) is 0 Å². The average Bonchev–Trinajstić information content (AvgIpc) is 2.48. The van der Waals surface area contributed by atoms with Gasteiger partial charge in [0.2, 0.25) is 0 Å². The Balaban J connectivity index is 2.21. The fourth-order valence-electron chi connectivity index (χ4n) is 1.34. The van der Waals surface area contributed by atoms with Crippen LogP contribution in [0.2, 0.25) is 0 Å². The van der Waals surface area contributed by atoms with Gasteiger partial charge in [-0.2, -0.15) is 0 Å². The number of ether oxygens (including phenoxy) is 1. The first-order valence-corrected chi connectivity index (χ1v) is 4.33. The van der Waals surface area contributed by atoms with Crippen molar-refractivity contribution < 1.29 is 14.6 Å². The molecule has 1 rings (SSSR count). The van der Waals surface area contributed by atoms with E-state index in [1.54, 1.807) is 0 Å². The number of rotatable bonds is 4. The summed E-state index contributed by atoms with van der Waals surface area (Å²) >= 11 is 0. The van der Waals surface area contributed by atoms with Crippen molar-refractivity contribution in [1.29, 1.82) is 0 Å². The first-order chi connectivity index (χ1) is 5.74. The third-order valence-corrected chi connectivity index (χ3v) is 2.00. The lowest BCUT2D eigenvalue weighted by Gasteiger charge is -2.10. The Morgan fingerprint density at radius 2 is 2.42 bits per heavy atom. The number of aliphatic carboxylic acids is 1. The van der Waals surface area contributed by atoms with E-state index in [2.05, 4.69) is 5.32 Å². The molecule has 0 bridgehead atoms. The van der Waals surface area contributed by atoms with E-state index in [9.17, 15) is 4.79 Å². The number of hydrogen-bond acceptors (Lipinski definition) is 3. The Bertz CT molecular complexity index is 160. The van der Waals surface area contributed by atoms with Crippen LogP contribution in [0.25, 0.3) is 0 Å². The number of carboxylic acid groups (broad SMARTS) is 1. The summed E-state index contributed by atoms with van der Waals surface area (Å²) in [6, 6.07) is 0. The third-order valence-electron chi connectivity index (χ3n) is 2.00. The molecule has 70 valence electrons. The Morgan fingerprint density at radius 3 is 2.92 bits per heavy atom. The molecule has 1 saturated heterocycles. The van der Waals surface area contributed by atoms with Gasteiger partial charge >= 0.3 is 5.97 Å². The molecule has 4 heteroatoms. The predicted octanol–water partition coefficient (Wildman–Crippen LogP) is 0.228. The van der Waals surface area contributed by atoms with Crippen molar-refractivity contribution in [1.82, 2.24) is 5.32 Å². The molecule has 0 amide bonds. The van der Waals surface area contributed by atoms with Gasteiger partial charge in [0, 0.05) is 6.54 Å². The molecule has 2 atom stereocenters. The molecule has 12 heavy (non-hydrogen) atoms. The highest BCUT2D eigenvalue weighted by atomic mass is 16.5. The molecule has 1 aliphatic rings. The minimum Gasteiger partial charge on any atom is -0.479 e. The Morgan fingerprint density at radius 1 is 1.67 bits per heavy atom. The highest BCUT2D eigenvalue weighted by Gasteiger charge is 2.29. The van der Waals surface area contributed by atoms with Crippen molar-refractivity contribution in [2.45, 2.75) is 32.0 Å². The van der Waals surface area contributed by atoms with Gasteiger partial charge in [0.25, 0.3) is 0 Å². The zero-order valence-corrected chi connectivity index (χ0v) is 7.25. The summed E-state index contributed by atoms with van der Waals surface area (Å²) in [4.78, 5) is 10.5. The van der Waals surface area contributed by atoms with Crippen LogP contribution in [0.5, 0.6) is 0 Å². The summed E-state index contributed by atoms with van der Waals surface area (Å²) in [7, 11) is 0. The molecule has 1 fully saturated rings. The quantitative estimate of drug-likeness (QED) is 0.639. The van der Waals surface area contributed by atoms with Crippen LogP contribution in [0.3, 0.4) is 0 Å². The minimum atomic E-state index is -0.839. The number of hydrogen-bond donors (Lipinski definition) is 2. The molecule has 2 unspecified atom stereocenters. The highest BCUT2D eigenvalue weighted by molar-refractivity contribution is 5.72. The summed E-state index contributed by atoms with van der Waals surface area (Å²) in [5.41, 5.74) is 0. The second-order valence-corrected chi connectivity index (χ2v) is 2.97. The van der Waals surface area contributed by atoms with E-state index in [1.165, 1.54) is 0 Å². The molecular formula is C8H15NO3. The van der Waals surface area contributed by atoms with Gasteiger partial charge < -0.3 is 15.2 Å². The lowest BCUT2D eigenvalue weighted by Crippen LogP contribution is -2.28.